The molecule has 0 atom stereocenters. The van der Waals surface area contributed by atoms with Crippen molar-refractivity contribution >= 4 is 15.9 Å². The van der Waals surface area contributed by atoms with Crippen molar-refractivity contribution in [2.45, 2.75) is 31.3 Å². The van der Waals surface area contributed by atoms with Gasteiger partial charge in [-0.15, -0.1) is 0 Å². The summed E-state index contributed by atoms with van der Waals surface area (Å²) in [6.45, 7) is 0.834. The van der Waals surface area contributed by atoms with Gasteiger partial charge in [-0.1, -0.05) is 28.1 Å². The molecule has 0 aliphatic heterocycles. The van der Waals surface area contributed by atoms with Crippen molar-refractivity contribution in [1.82, 2.24) is 15.3 Å². The van der Waals surface area contributed by atoms with E-state index in [1.807, 2.05) is 6.07 Å². The highest BCUT2D eigenvalue weighted by Crippen LogP contribution is 2.37. The SMILES string of the molecule is Brc1ccc(C2CC(NCc3ccncn3)C2)cc1. The topological polar surface area (TPSA) is 37.8 Å². The smallest absolute Gasteiger partial charge is 0.115 e. The number of hydrogen-bond acceptors (Lipinski definition) is 3. The highest BCUT2D eigenvalue weighted by Gasteiger charge is 2.29. The summed E-state index contributed by atoms with van der Waals surface area (Å²) in [5, 5.41) is 3.55. The first-order valence-corrected chi connectivity index (χ1v) is 7.34. The third kappa shape index (κ3) is 3.19. The maximum atomic E-state index is 4.22. The van der Waals surface area contributed by atoms with Crippen LogP contribution in [0.1, 0.15) is 30.0 Å². The molecule has 19 heavy (non-hydrogen) atoms. The molecule has 2 aromatic rings. The van der Waals surface area contributed by atoms with E-state index in [0.29, 0.717) is 12.0 Å². The molecule has 0 saturated heterocycles. The Morgan fingerprint density at radius 1 is 1.16 bits per heavy atom. The normalized spacial score (nSPS) is 21.9. The molecule has 0 spiro atoms. The van der Waals surface area contributed by atoms with Gasteiger partial charge in [-0.2, -0.15) is 0 Å². The molecule has 0 bridgehead atoms. The molecule has 1 saturated carbocycles. The van der Waals surface area contributed by atoms with E-state index in [9.17, 15) is 0 Å². The van der Waals surface area contributed by atoms with Gasteiger partial charge in [-0.25, -0.2) is 9.97 Å². The summed E-state index contributed by atoms with van der Waals surface area (Å²) in [6.07, 6.45) is 5.82. The van der Waals surface area contributed by atoms with E-state index in [2.05, 4.69) is 55.5 Å². The first kappa shape index (κ1) is 12.8. The van der Waals surface area contributed by atoms with E-state index < -0.39 is 0 Å². The Bertz CT molecular complexity index is 521. The molecule has 3 rings (SSSR count). The van der Waals surface area contributed by atoms with E-state index in [1.54, 1.807) is 12.5 Å². The van der Waals surface area contributed by atoms with Crippen molar-refractivity contribution in [3.63, 3.8) is 0 Å². The molecule has 4 heteroatoms. The van der Waals surface area contributed by atoms with Crippen LogP contribution >= 0.6 is 15.9 Å². The van der Waals surface area contributed by atoms with Crippen LogP contribution in [0.2, 0.25) is 0 Å². The van der Waals surface area contributed by atoms with Gasteiger partial charge in [-0.3, -0.25) is 0 Å². The van der Waals surface area contributed by atoms with Gasteiger partial charge in [0.2, 0.25) is 0 Å². The van der Waals surface area contributed by atoms with Crippen LogP contribution in [0.5, 0.6) is 0 Å². The van der Waals surface area contributed by atoms with Crippen LogP contribution in [0, 0.1) is 0 Å². The fraction of sp³-hybridized carbons (Fsp3) is 0.333. The van der Waals surface area contributed by atoms with Crippen molar-refractivity contribution in [3.8, 4) is 0 Å². The lowest BCUT2D eigenvalue weighted by Crippen LogP contribution is -2.39. The Kier molecular flexibility index (Phi) is 3.89. The van der Waals surface area contributed by atoms with Crippen molar-refractivity contribution in [3.05, 3.63) is 58.6 Å². The molecule has 3 nitrogen and oxygen atoms in total. The first-order valence-electron chi connectivity index (χ1n) is 6.55. The average molecular weight is 318 g/mol. The van der Waals surface area contributed by atoms with Gasteiger partial charge >= 0.3 is 0 Å². The van der Waals surface area contributed by atoms with Gasteiger partial charge in [0.05, 0.1) is 5.69 Å². The lowest BCUT2D eigenvalue weighted by atomic mass is 9.76. The summed E-state index contributed by atoms with van der Waals surface area (Å²) < 4.78 is 1.15. The Labute approximate surface area is 121 Å². The van der Waals surface area contributed by atoms with Crippen LogP contribution in [-0.2, 0) is 6.54 Å². The average Bonchev–Trinajstić information content (AvgIpc) is 2.40. The fourth-order valence-corrected chi connectivity index (χ4v) is 2.73. The van der Waals surface area contributed by atoms with Crippen LogP contribution in [-0.4, -0.2) is 16.0 Å². The van der Waals surface area contributed by atoms with E-state index in [1.165, 1.54) is 18.4 Å². The Morgan fingerprint density at radius 2 is 1.95 bits per heavy atom. The molecule has 1 aromatic carbocycles. The monoisotopic (exact) mass is 317 g/mol. The Balaban J connectivity index is 1.47. The number of nitrogens with one attached hydrogen (secondary N) is 1. The van der Waals surface area contributed by atoms with Crippen molar-refractivity contribution < 1.29 is 0 Å². The first-order chi connectivity index (χ1) is 9.31. The summed E-state index contributed by atoms with van der Waals surface area (Å²) >= 11 is 3.47. The lowest BCUT2D eigenvalue weighted by molar-refractivity contribution is 0.288. The summed E-state index contributed by atoms with van der Waals surface area (Å²) in [7, 11) is 0. The molecule has 0 unspecified atom stereocenters. The number of halogens is 1. The van der Waals surface area contributed by atoms with Gasteiger partial charge in [0.1, 0.15) is 6.33 Å². The minimum absolute atomic E-state index is 0.614. The quantitative estimate of drug-likeness (QED) is 0.940. The van der Waals surface area contributed by atoms with Gasteiger partial charge in [0.25, 0.3) is 0 Å². The van der Waals surface area contributed by atoms with Crippen LogP contribution in [0.4, 0.5) is 0 Å². The van der Waals surface area contributed by atoms with Gasteiger partial charge in [0, 0.05) is 23.3 Å². The Morgan fingerprint density at radius 3 is 2.63 bits per heavy atom. The summed E-state index contributed by atoms with van der Waals surface area (Å²) in [5.74, 6) is 0.705. The zero-order valence-electron chi connectivity index (χ0n) is 10.6. The highest BCUT2D eigenvalue weighted by molar-refractivity contribution is 9.10. The predicted octanol–water partition coefficient (Wildman–Crippen LogP) is 3.27. The third-order valence-electron chi connectivity index (χ3n) is 3.69. The predicted molar refractivity (Wildman–Crippen MR) is 78.8 cm³/mol. The molecule has 1 aliphatic rings. The maximum Gasteiger partial charge on any atom is 0.115 e. The zero-order valence-corrected chi connectivity index (χ0v) is 12.2. The van der Waals surface area contributed by atoms with E-state index in [0.717, 1.165) is 16.7 Å². The zero-order chi connectivity index (χ0) is 13.1. The molecule has 1 aromatic heterocycles. The van der Waals surface area contributed by atoms with E-state index >= 15 is 0 Å². The molecular formula is C15H16BrN3. The second-order valence-electron chi connectivity index (χ2n) is 5.00. The number of rotatable bonds is 4. The maximum absolute atomic E-state index is 4.22. The summed E-state index contributed by atoms with van der Waals surface area (Å²) in [6, 6.07) is 11.2. The Hall–Kier alpha value is -1.26. The molecule has 1 N–H and O–H groups in total. The van der Waals surface area contributed by atoms with Crippen molar-refractivity contribution in [1.29, 1.82) is 0 Å². The van der Waals surface area contributed by atoms with Crippen LogP contribution in [0.3, 0.4) is 0 Å². The summed E-state index contributed by atoms with van der Waals surface area (Å²) in [5.41, 5.74) is 2.50. The van der Waals surface area contributed by atoms with E-state index in [4.69, 9.17) is 0 Å². The molecule has 1 aliphatic carbocycles. The second kappa shape index (κ2) is 5.80. The highest BCUT2D eigenvalue weighted by atomic mass is 79.9. The fourth-order valence-electron chi connectivity index (χ4n) is 2.46. The number of hydrogen-bond donors (Lipinski definition) is 1. The molecule has 1 heterocycles. The minimum Gasteiger partial charge on any atom is -0.308 e. The van der Waals surface area contributed by atoms with Crippen LogP contribution in [0.25, 0.3) is 0 Å². The molecule has 98 valence electrons. The minimum atomic E-state index is 0.614. The lowest BCUT2D eigenvalue weighted by Gasteiger charge is -2.36. The van der Waals surface area contributed by atoms with E-state index in [-0.39, 0.29) is 0 Å². The molecule has 1 fully saturated rings. The molecular weight excluding hydrogens is 302 g/mol. The molecule has 0 amide bonds. The number of aromatic nitrogens is 2. The third-order valence-corrected chi connectivity index (χ3v) is 4.22. The van der Waals surface area contributed by atoms with Gasteiger partial charge < -0.3 is 5.32 Å². The van der Waals surface area contributed by atoms with Gasteiger partial charge in [-0.05, 0) is 42.5 Å². The van der Waals surface area contributed by atoms with Crippen molar-refractivity contribution in [2.24, 2.45) is 0 Å². The standard InChI is InChI=1S/C15H16BrN3/c16-13-3-1-11(2-4-13)12-7-15(8-12)18-9-14-5-6-17-10-19-14/h1-6,10,12,15,18H,7-9H2. The second-order valence-corrected chi connectivity index (χ2v) is 5.91. The molecule has 0 radical (unpaired) electrons. The van der Waals surface area contributed by atoms with Crippen LogP contribution < -0.4 is 5.32 Å². The van der Waals surface area contributed by atoms with Crippen molar-refractivity contribution in [2.75, 3.05) is 0 Å². The van der Waals surface area contributed by atoms with Gasteiger partial charge in [0.15, 0.2) is 0 Å². The number of nitrogens with zero attached hydrogens (tertiary/aromatic N) is 2. The summed E-state index contributed by atoms with van der Waals surface area (Å²) in [4.78, 5) is 8.14. The number of benzene rings is 1. The van der Waals surface area contributed by atoms with Crippen LogP contribution in [0.15, 0.2) is 47.3 Å². The largest absolute Gasteiger partial charge is 0.308 e.